The average Bonchev–Trinajstić information content (AvgIpc) is 3.40. The molecule has 1 aromatic heterocycles. The van der Waals surface area contributed by atoms with Crippen molar-refractivity contribution in [3.63, 3.8) is 0 Å². The van der Waals surface area contributed by atoms with Crippen molar-refractivity contribution in [1.29, 1.82) is 0 Å². The second-order valence-electron chi connectivity index (χ2n) is 13.7. The molecule has 0 aliphatic carbocycles. The van der Waals surface area contributed by atoms with Gasteiger partial charge in [-0.2, -0.15) is 44.8 Å². The molecule has 0 N–H and O–H groups in total. The number of nitrogens with zero attached hydrogens (tertiary/aromatic N) is 2. The molecule has 0 saturated heterocycles. The van der Waals surface area contributed by atoms with Crippen LogP contribution in [-0.2, 0) is 11.1 Å². The Morgan fingerprint density at radius 2 is 0.755 bits per heavy atom. The van der Waals surface area contributed by atoms with Crippen LogP contribution in [0.5, 0.6) is 0 Å². The first-order chi connectivity index (χ1) is 22.6. The van der Waals surface area contributed by atoms with Crippen LogP contribution in [0.3, 0.4) is 0 Å². The second-order valence-corrected chi connectivity index (χ2v) is 18.3. The van der Waals surface area contributed by atoms with Crippen LogP contribution in [0.15, 0.2) is 85.2 Å². The molecule has 5 rings (SSSR count). The molecule has 1 heterocycles. The molecule has 0 aliphatic heterocycles. The summed E-state index contributed by atoms with van der Waals surface area (Å²) in [5.41, 5.74) is 3.49. The van der Waals surface area contributed by atoms with E-state index >= 15 is 0 Å². The molecule has 0 spiro atoms. The third-order valence-corrected chi connectivity index (χ3v) is 10.2. The quantitative estimate of drug-likeness (QED) is 0.123. The van der Waals surface area contributed by atoms with Crippen LogP contribution in [0.2, 0.25) is 40.2 Å². The molecule has 0 radical (unpaired) electrons. The first-order valence-electron chi connectivity index (χ1n) is 15.1. The van der Waals surface area contributed by atoms with E-state index in [1.807, 2.05) is 60.9 Å². The van der Waals surface area contributed by atoms with Crippen LogP contribution in [0.25, 0.3) is 0 Å². The average molecular weight is 857 g/mol. The van der Waals surface area contributed by atoms with Gasteiger partial charge in [0.05, 0.1) is 0 Å². The van der Waals surface area contributed by atoms with Gasteiger partial charge in [-0.15, -0.1) is 0 Å². The van der Waals surface area contributed by atoms with Gasteiger partial charge in [-0.25, -0.2) is 9.13 Å². The number of benzene rings is 4. The minimum Gasteiger partial charge on any atom is -0.236 e. The van der Waals surface area contributed by atoms with Crippen LogP contribution in [0.4, 0.5) is 0 Å². The lowest BCUT2D eigenvalue weighted by molar-refractivity contribution is -0.737. The van der Waals surface area contributed by atoms with E-state index in [4.69, 9.17) is 116 Å². The second kappa shape index (κ2) is 16.0. The summed E-state index contributed by atoms with van der Waals surface area (Å²) in [6.45, 7) is 12.8. The molecule has 0 unspecified atom stereocenters. The summed E-state index contributed by atoms with van der Waals surface area (Å²) in [7, 11) is 0. The SMILES string of the molecule is CC(C)(C)n1cc[n+](C(C)(C)C)c1B(Cl)Cl.Clc1cc(Cl)cc([B-](c2cc(Cl)cc(Cl)c2)(c2cc(Cl)cc(Cl)c2)c2cc(Cl)cc(Cl)c2)c1. The Hall–Kier alpha value is -0.880. The molecule has 0 amide bonds. The Labute approximate surface area is 339 Å². The normalized spacial score (nSPS) is 12.1. The van der Waals surface area contributed by atoms with Gasteiger partial charge in [-0.1, -0.05) is 141 Å². The fourth-order valence-corrected chi connectivity index (χ4v) is 8.79. The highest BCUT2D eigenvalue weighted by atomic mass is 35.5. The number of aromatic nitrogens is 2. The fourth-order valence-electron chi connectivity index (χ4n) is 6.20. The third kappa shape index (κ3) is 9.57. The minimum atomic E-state index is -2.04. The van der Waals surface area contributed by atoms with Gasteiger partial charge in [0.25, 0.3) is 0 Å². The summed E-state index contributed by atoms with van der Waals surface area (Å²) >= 11 is 64.0. The maximum Gasteiger partial charge on any atom is 0.482 e. The molecule has 49 heavy (non-hydrogen) atoms. The molecule has 0 atom stereocenters. The summed E-state index contributed by atoms with van der Waals surface area (Å²) in [5.74, 6) is 0. The van der Waals surface area contributed by atoms with Crippen molar-refractivity contribution in [3.8, 4) is 0 Å². The molecule has 0 fully saturated rings. The summed E-state index contributed by atoms with van der Waals surface area (Å²) in [5, 5.41) is 3.65. The van der Waals surface area contributed by atoms with Crippen LogP contribution in [0.1, 0.15) is 41.5 Å². The Morgan fingerprint density at radius 1 is 0.490 bits per heavy atom. The highest BCUT2D eigenvalue weighted by Gasteiger charge is 2.38. The highest BCUT2D eigenvalue weighted by molar-refractivity contribution is 7.38. The van der Waals surface area contributed by atoms with E-state index in [9.17, 15) is 0 Å². The monoisotopic (exact) mass is 852 g/mol. The molecule has 4 aromatic carbocycles. The topological polar surface area (TPSA) is 8.81 Å². The van der Waals surface area contributed by atoms with Gasteiger partial charge in [-0.05, 0) is 65.8 Å². The lowest BCUT2D eigenvalue weighted by Gasteiger charge is -2.45. The van der Waals surface area contributed by atoms with Gasteiger partial charge >= 0.3 is 5.54 Å². The van der Waals surface area contributed by atoms with Crippen molar-refractivity contribution >= 4 is 155 Å². The maximum atomic E-state index is 6.48. The van der Waals surface area contributed by atoms with E-state index in [1.165, 1.54) is 0 Å². The predicted octanol–water partition coefficient (Wildman–Crippen LogP) is 10.7. The van der Waals surface area contributed by atoms with Gasteiger partial charge in [0.1, 0.15) is 29.6 Å². The Morgan fingerprint density at radius 3 is 0.959 bits per heavy atom. The fraction of sp³-hybridized carbons (Fsp3) is 0.229. The lowest BCUT2D eigenvalue weighted by Crippen LogP contribution is -2.75. The van der Waals surface area contributed by atoms with E-state index in [0.29, 0.717) is 40.2 Å². The van der Waals surface area contributed by atoms with Crippen molar-refractivity contribution in [3.05, 3.63) is 125 Å². The molecule has 0 aliphatic rings. The molecule has 0 saturated carbocycles. The molecule has 0 bridgehead atoms. The van der Waals surface area contributed by atoms with Crippen LogP contribution in [-0.4, -0.2) is 16.3 Å². The van der Waals surface area contributed by atoms with Gasteiger partial charge in [-0.3, -0.25) is 0 Å². The number of rotatable bonds is 5. The number of hydrogen-bond donors (Lipinski definition) is 0. The molecule has 5 aromatic rings. The largest absolute Gasteiger partial charge is 0.482 e. The van der Waals surface area contributed by atoms with Crippen LogP contribution in [0, 0.1) is 0 Å². The van der Waals surface area contributed by atoms with E-state index in [1.54, 1.807) is 24.3 Å². The van der Waals surface area contributed by atoms with Crippen molar-refractivity contribution in [2.75, 3.05) is 0 Å². The zero-order valence-electron chi connectivity index (χ0n) is 27.4. The molecule has 2 nitrogen and oxygen atoms in total. The summed E-state index contributed by atoms with van der Waals surface area (Å²) in [6.07, 6.45) is 2.04. The van der Waals surface area contributed by atoms with Crippen molar-refractivity contribution in [2.24, 2.45) is 0 Å². The van der Waals surface area contributed by atoms with Crippen molar-refractivity contribution in [1.82, 2.24) is 4.57 Å². The maximum absolute atomic E-state index is 6.48. The zero-order valence-corrected chi connectivity index (χ0v) is 35.0. The van der Waals surface area contributed by atoms with Crippen LogP contribution < -0.4 is 32.1 Å². The zero-order chi connectivity index (χ0) is 36.6. The number of hydrogen-bond acceptors (Lipinski definition) is 0. The summed E-state index contributed by atoms with van der Waals surface area (Å²) in [4.78, 5) is 0. The van der Waals surface area contributed by atoms with Gasteiger partial charge in [0.2, 0.25) is 5.72 Å². The van der Waals surface area contributed by atoms with Crippen molar-refractivity contribution < 1.29 is 4.57 Å². The minimum absolute atomic E-state index is 0.0200. The Balaban J connectivity index is 0.000000284. The Bertz CT molecular complexity index is 1660. The molecular weight excluding hydrogens is 825 g/mol. The summed E-state index contributed by atoms with van der Waals surface area (Å²) in [6, 6.07) is 21.4. The lowest BCUT2D eigenvalue weighted by atomic mass is 9.13. The smallest absolute Gasteiger partial charge is 0.236 e. The van der Waals surface area contributed by atoms with Gasteiger partial charge < -0.3 is 0 Å². The first-order valence-corrected chi connectivity index (χ1v) is 19.0. The molecular formula is C35H32B2Cl10N2. The predicted molar refractivity (Wildman–Crippen MR) is 222 cm³/mol. The van der Waals surface area contributed by atoms with E-state index < -0.39 is 11.7 Å². The standard InChI is InChI=1S/C24H12BCl8.C11H20BCl2N2/c26-17-1-13(2-18(27)9-17)25(14-3-19(28)10-20(29)4-14,15-5-21(30)11-22(31)6-15)16-7-23(32)12-24(33)8-16;1-10(2,3)15-7-8-16(11(4,5)6)9(15)12(13)14/h1-12H;7-8H,1-6H3/q-1;+1. The number of halogens is 10. The van der Waals surface area contributed by atoms with Crippen LogP contribution >= 0.6 is 116 Å². The third-order valence-electron chi connectivity index (χ3n) is 8.04. The molecule has 258 valence electrons. The Kier molecular flexibility index (Phi) is 13.4. The first kappa shape index (κ1) is 40.9. The number of imidazole rings is 1. The van der Waals surface area contributed by atoms with E-state index in [-0.39, 0.29) is 11.1 Å². The van der Waals surface area contributed by atoms with E-state index in [2.05, 4.69) is 50.7 Å². The molecule has 14 heteroatoms. The van der Waals surface area contributed by atoms with E-state index in [0.717, 1.165) is 27.6 Å². The van der Waals surface area contributed by atoms with Gasteiger partial charge in [0, 0.05) is 40.2 Å². The summed E-state index contributed by atoms with van der Waals surface area (Å²) < 4.78 is 4.26. The highest BCUT2D eigenvalue weighted by Crippen LogP contribution is 2.25. The van der Waals surface area contributed by atoms with Crippen molar-refractivity contribution in [2.45, 2.75) is 52.6 Å². The van der Waals surface area contributed by atoms with Gasteiger partial charge in [0.15, 0.2) is 0 Å².